The Labute approximate surface area is 170 Å². The van der Waals surface area contributed by atoms with Crippen LogP contribution in [0.4, 0.5) is 8.78 Å². The molecular formula is C22H27F2N3O2. The van der Waals surface area contributed by atoms with Crippen LogP contribution in [0.2, 0.25) is 0 Å². The molecule has 0 N–H and O–H groups in total. The Hall–Kier alpha value is -2.83. The minimum absolute atomic E-state index is 0.0687. The summed E-state index contributed by atoms with van der Waals surface area (Å²) in [5, 5.41) is 0. The number of amides is 1. The van der Waals surface area contributed by atoms with E-state index in [2.05, 4.69) is 23.1 Å². The van der Waals surface area contributed by atoms with Crippen molar-refractivity contribution in [3.63, 3.8) is 0 Å². The van der Waals surface area contributed by atoms with Crippen molar-refractivity contribution in [3.05, 3.63) is 60.8 Å². The molecule has 7 heteroatoms. The Morgan fingerprint density at radius 3 is 2.48 bits per heavy atom. The minimum Gasteiger partial charge on any atom is -0.454 e. The van der Waals surface area contributed by atoms with E-state index >= 15 is 0 Å². The fourth-order valence-electron chi connectivity index (χ4n) is 3.00. The van der Waals surface area contributed by atoms with Gasteiger partial charge >= 0.3 is 0 Å². The van der Waals surface area contributed by atoms with Gasteiger partial charge in [0.25, 0.3) is 5.92 Å². The fourth-order valence-corrected chi connectivity index (χ4v) is 3.00. The number of halogens is 2. The maximum atomic E-state index is 13.3. The van der Waals surface area contributed by atoms with Gasteiger partial charge in [0, 0.05) is 32.1 Å². The number of rotatable bonds is 7. The number of carbonyl (C=O) groups excluding carboxylic acids is 1. The van der Waals surface area contributed by atoms with Crippen molar-refractivity contribution < 1.29 is 18.3 Å². The Bertz CT molecular complexity index is 811. The Morgan fingerprint density at radius 1 is 1.34 bits per heavy atom. The number of ether oxygens (including phenoxy) is 1. The number of likely N-dealkylation sites (tertiary alicyclic amines) is 1. The molecule has 1 amide bonds. The van der Waals surface area contributed by atoms with Crippen LogP contribution in [0.25, 0.3) is 0 Å². The van der Waals surface area contributed by atoms with Crippen LogP contribution < -0.4 is 4.74 Å². The van der Waals surface area contributed by atoms with E-state index in [9.17, 15) is 13.6 Å². The van der Waals surface area contributed by atoms with Crippen LogP contribution in [0.3, 0.4) is 0 Å². The molecule has 1 aromatic rings. The van der Waals surface area contributed by atoms with Crippen LogP contribution in [0, 0.1) is 5.92 Å². The van der Waals surface area contributed by atoms with Crippen molar-refractivity contribution >= 4 is 11.6 Å². The largest absolute Gasteiger partial charge is 0.454 e. The Kier molecular flexibility index (Phi) is 7.42. The molecule has 0 radical (unpaired) electrons. The molecule has 5 nitrogen and oxygen atoms in total. The van der Waals surface area contributed by atoms with Crippen molar-refractivity contribution in [2.45, 2.75) is 39.5 Å². The van der Waals surface area contributed by atoms with Crippen molar-refractivity contribution in [2.75, 3.05) is 13.1 Å². The van der Waals surface area contributed by atoms with Crippen molar-refractivity contribution in [1.29, 1.82) is 0 Å². The molecular weight excluding hydrogens is 376 g/mol. The number of hydrogen-bond donors (Lipinski definition) is 0. The number of allylic oxidation sites excluding steroid dienone is 2. The molecule has 2 rings (SSSR count). The first-order valence-electron chi connectivity index (χ1n) is 9.45. The summed E-state index contributed by atoms with van der Waals surface area (Å²) in [6.07, 6.45) is 5.75. The molecule has 0 aliphatic carbocycles. The molecule has 156 valence electrons. The van der Waals surface area contributed by atoms with Gasteiger partial charge in [-0.25, -0.2) is 0 Å². The topological polar surface area (TPSA) is 54.8 Å². The van der Waals surface area contributed by atoms with Gasteiger partial charge in [0.15, 0.2) is 0 Å². The van der Waals surface area contributed by atoms with Gasteiger partial charge in [0.2, 0.25) is 5.91 Å². The number of nitrogens with zero attached hydrogens (tertiary/aromatic N) is 3. The number of carbonyl (C=O) groups is 1. The average molecular weight is 403 g/mol. The standard InChI is InChI=1S/C22H27F2N3O2/c1-6-20(28)27-11-9-17(10-12-27)21(26-13-15(2)3)16(4)29-18-7-8-19(25-14-18)22(5,23)24/h6-8,13-14,17H,1,4,9-12H2,2-3,5H3/b26-21+. The van der Waals surface area contributed by atoms with Gasteiger partial charge in [-0.15, -0.1) is 0 Å². The molecule has 0 saturated carbocycles. The highest BCUT2D eigenvalue weighted by Gasteiger charge is 2.28. The monoisotopic (exact) mass is 403 g/mol. The summed E-state index contributed by atoms with van der Waals surface area (Å²) in [7, 11) is 0. The molecule has 0 bridgehead atoms. The number of pyridine rings is 1. The van der Waals surface area contributed by atoms with E-state index in [-0.39, 0.29) is 17.5 Å². The second-order valence-corrected chi connectivity index (χ2v) is 7.32. The van der Waals surface area contributed by atoms with Gasteiger partial charge in [-0.1, -0.05) is 18.7 Å². The van der Waals surface area contributed by atoms with Crippen LogP contribution >= 0.6 is 0 Å². The quantitative estimate of drug-likeness (QED) is 0.371. The summed E-state index contributed by atoms with van der Waals surface area (Å²) >= 11 is 0. The van der Waals surface area contributed by atoms with Crippen LogP contribution in [-0.4, -0.2) is 34.6 Å². The summed E-state index contributed by atoms with van der Waals surface area (Å²) < 4.78 is 32.4. The molecule has 0 atom stereocenters. The molecule has 1 saturated heterocycles. The predicted molar refractivity (Wildman–Crippen MR) is 110 cm³/mol. The molecule has 29 heavy (non-hydrogen) atoms. The zero-order chi connectivity index (χ0) is 21.6. The van der Waals surface area contributed by atoms with E-state index in [1.54, 1.807) is 11.1 Å². The maximum absolute atomic E-state index is 13.3. The van der Waals surface area contributed by atoms with E-state index in [0.717, 1.165) is 25.3 Å². The van der Waals surface area contributed by atoms with E-state index in [4.69, 9.17) is 4.74 Å². The molecule has 0 aromatic carbocycles. The molecule has 1 aliphatic rings. The Morgan fingerprint density at radius 2 is 2.00 bits per heavy atom. The van der Waals surface area contributed by atoms with E-state index in [1.165, 1.54) is 24.4 Å². The molecule has 0 spiro atoms. The van der Waals surface area contributed by atoms with Gasteiger partial charge in [-0.2, -0.15) is 8.78 Å². The molecule has 0 unspecified atom stereocenters. The average Bonchev–Trinajstić information content (AvgIpc) is 2.67. The van der Waals surface area contributed by atoms with Gasteiger partial charge in [0.05, 0.1) is 11.9 Å². The summed E-state index contributed by atoms with van der Waals surface area (Å²) in [5.41, 5.74) is 1.38. The van der Waals surface area contributed by atoms with E-state index < -0.39 is 5.92 Å². The highest BCUT2D eigenvalue weighted by atomic mass is 19.3. The molecule has 1 fully saturated rings. The first-order valence-corrected chi connectivity index (χ1v) is 9.45. The second kappa shape index (κ2) is 9.58. The lowest BCUT2D eigenvalue weighted by atomic mass is 9.90. The number of aliphatic imine (C=N–C) groups is 1. The summed E-state index contributed by atoms with van der Waals surface area (Å²) in [4.78, 5) is 21.9. The highest BCUT2D eigenvalue weighted by Crippen LogP contribution is 2.28. The third-order valence-corrected chi connectivity index (χ3v) is 4.54. The van der Waals surface area contributed by atoms with Crippen molar-refractivity contribution in [3.8, 4) is 5.75 Å². The first kappa shape index (κ1) is 22.5. The predicted octanol–water partition coefficient (Wildman–Crippen LogP) is 4.88. The third kappa shape index (κ3) is 6.34. The molecule has 1 aromatic heterocycles. The summed E-state index contributed by atoms with van der Waals surface area (Å²) in [6, 6.07) is 2.67. The molecule has 1 aliphatic heterocycles. The molecule has 2 heterocycles. The first-order chi connectivity index (χ1) is 13.6. The zero-order valence-electron chi connectivity index (χ0n) is 17.1. The smallest absolute Gasteiger partial charge is 0.286 e. The normalized spacial score (nSPS) is 15.6. The van der Waals surface area contributed by atoms with Crippen molar-refractivity contribution in [2.24, 2.45) is 10.9 Å². The SMILES string of the molecule is C=CC(=O)N1CCC(/C(=N/C=C(C)C)C(=C)Oc2ccc(C(C)(F)F)nc2)CC1. The van der Waals surface area contributed by atoms with Gasteiger partial charge in [-0.3, -0.25) is 14.8 Å². The van der Waals surface area contributed by atoms with Gasteiger partial charge < -0.3 is 9.64 Å². The van der Waals surface area contributed by atoms with Crippen LogP contribution in [0.1, 0.15) is 39.3 Å². The van der Waals surface area contributed by atoms with Gasteiger partial charge in [-0.05, 0) is 44.9 Å². The van der Waals surface area contributed by atoms with E-state index in [1.807, 2.05) is 13.8 Å². The minimum atomic E-state index is -3.01. The lowest BCUT2D eigenvalue weighted by molar-refractivity contribution is -0.127. The lowest BCUT2D eigenvalue weighted by Crippen LogP contribution is -2.40. The van der Waals surface area contributed by atoms with E-state index in [0.29, 0.717) is 30.3 Å². The van der Waals surface area contributed by atoms with Crippen LogP contribution in [0.15, 0.2) is 60.1 Å². The Balaban J connectivity index is 2.15. The number of hydrogen-bond acceptors (Lipinski definition) is 4. The van der Waals surface area contributed by atoms with Gasteiger partial charge in [0.1, 0.15) is 17.2 Å². The zero-order valence-corrected chi connectivity index (χ0v) is 17.1. The fraction of sp³-hybridized carbons (Fsp3) is 0.409. The maximum Gasteiger partial charge on any atom is 0.286 e. The lowest BCUT2D eigenvalue weighted by Gasteiger charge is -2.32. The van der Waals surface area contributed by atoms with Crippen LogP contribution in [0.5, 0.6) is 5.75 Å². The van der Waals surface area contributed by atoms with Crippen LogP contribution in [-0.2, 0) is 10.7 Å². The number of alkyl halides is 2. The van der Waals surface area contributed by atoms with Crippen molar-refractivity contribution in [1.82, 2.24) is 9.88 Å². The highest BCUT2D eigenvalue weighted by molar-refractivity contribution is 6.00. The number of aromatic nitrogens is 1. The third-order valence-electron chi connectivity index (χ3n) is 4.54. The summed E-state index contributed by atoms with van der Waals surface area (Å²) in [6.45, 7) is 13.4. The number of piperidine rings is 1. The second-order valence-electron chi connectivity index (χ2n) is 7.32. The summed E-state index contributed by atoms with van der Waals surface area (Å²) in [5.74, 6) is -2.37.